The summed E-state index contributed by atoms with van der Waals surface area (Å²) in [5.74, 6) is 1.64. The molecule has 0 atom stereocenters. The van der Waals surface area contributed by atoms with Gasteiger partial charge in [0.05, 0.1) is 0 Å². The van der Waals surface area contributed by atoms with Gasteiger partial charge in [-0.25, -0.2) is 0 Å². The van der Waals surface area contributed by atoms with Gasteiger partial charge in [0.15, 0.2) is 11.5 Å². The third kappa shape index (κ3) is 4.02. The van der Waals surface area contributed by atoms with Gasteiger partial charge in [-0.3, -0.25) is 0 Å². The lowest BCUT2D eigenvalue weighted by Gasteiger charge is -2.30. The second-order valence-corrected chi connectivity index (χ2v) is 9.53. The topological polar surface area (TPSA) is 38.7 Å². The second kappa shape index (κ2) is 7.09. The van der Waals surface area contributed by atoms with Gasteiger partial charge in [-0.1, -0.05) is 23.8 Å². The number of rotatable bonds is 3. The fourth-order valence-corrected chi connectivity index (χ4v) is 3.81. The quantitative estimate of drug-likeness (QED) is 0.565. The Morgan fingerprint density at radius 2 is 1.37 bits per heavy atom. The Kier molecular flexibility index (Phi) is 4.80. The van der Waals surface area contributed by atoms with Crippen LogP contribution in [0.25, 0.3) is 23.3 Å². The van der Waals surface area contributed by atoms with Crippen molar-refractivity contribution in [1.82, 2.24) is 0 Å². The molecule has 2 aliphatic heterocycles. The van der Waals surface area contributed by atoms with Crippen LogP contribution in [0.2, 0.25) is 0 Å². The van der Waals surface area contributed by atoms with E-state index in [0.29, 0.717) is 5.75 Å². The van der Waals surface area contributed by atoms with Gasteiger partial charge in [0.25, 0.3) is 0 Å². The van der Waals surface area contributed by atoms with Crippen molar-refractivity contribution >= 4 is 12.2 Å². The maximum atomic E-state index is 10.7. The number of allylic oxidation sites excluding steroid dienone is 2. The van der Waals surface area contributed by atoms with Gasteiger partial charge in [0.1, 0.15) is 17.0 Å². The normalized spacial score (nSPS) is 17.4. The molecule has 0 saturated heterocycles. The van der Waals surface area contributed by atoms with Crippen molar-refractivity contribution < 1.29 is 14.6 Å². The first-order chi connectivity index (χ1) is 14.0. The van der Waals surface area contributed by atoms with E-state index in [4.69, 9.17) is 9.47 Å². The first kappa shape index (κ1) is 20.3. The number of hydrogen-bond donors (Lipinski definition) is 1. The molecular formula is C27H30O3. The summed E-state index contributed by atoms with van der Waals surface area (Å²) in [7, 11) is 0. The summed E-state index contributed by atoms with van der Waals surface area (Å²) in [5.41, 5.74) is 5.63. The van der Waals surface area contributed by atoms with Crippen molar-refractivity contribution in [2.75, 3.05) is 0 Å². The summed E-state index contributed by atoms with van der Waals surface area (Å²) in [4.78, 5) is 0. The monoisotopic (exact) mass is 402 g/mol. The fraction of sp³-hybridized carbons (Fsp3) is 0.333. The van der Waals surface area contributed by atoms with Crippen LogP contribution in [0.1, 0.15) is 58.2 Å². The van der Waals surface area contributed by atoms with E-state index in [0.717, 1.165) is 40.0 Å². The van der Waals surface area contributed by atoms with E-state index >= 15 is 0 Å². The molecule has 1 N–H and O–H groups in total. The van der Waals surface area contributed by atoms with Crippen LogP contribution in [-0.2, 0) is 6.42 Å². The minimum atomic E-state index is -0.426. The standard InChI is InChI=1S/C27H30O3/c1-17(2)7-8-18-13-21(14-19-9-11-26(3,4)29-24(18)19)22-15-20-10-12-27(5,6)30-25(20)23(28)16-22/h7,9-16,28H,8H2,1-6H3. The Balaban J connectivity index is 1.83. The van der Waals surface area contributed by atoms with Crippen molar-refractivity contribution in [3.05, 3.63) is 64.8 Å². The minimum Gasteiger partial charge on any atom is -0.504 e. The van der Waals surface area contributed by atoms with Crippen LogP contribution >= 0.6 is 0 Å². The van der Waals surface area contributed by atoms with Gasteiger partial charge in [-0.05, 0) is 101 Å². The maximum Gasteiger partial charge on any atom is 0.169 e. The molecule has 4 rings (SSSR count). The molecule has 0 aromatic heterocycles. The molecule has 156 valence electrons. The summed E-state index contributed by atoms with van der Waals surface area (Å²) in [5, 5.41) is 10.7. The molecule has 2 heterocycles. The summed E-state index contributed by atoms with van der Waals surface area (Å²) in [6.45, 7) is 12.3. The molecule has 2 aromatic carbocycles. The Morgan fingerprint density at radius 3 is 1.97 bits per heavy atom. The van der Waals surface area contributed by atoms with E-state index in [2.05, 4.69) is 64.1 Å². The van der Waals surface area contributed by atoms with E-state index in [1.807, 2.05) is 26.0 Å². The molecule has 0 spiro atoms. The molecule has 0 radical (unpaired) electrons. The highest BCUT2D eigenvalue weighted by Gasteiger charge is 2.27. The van der Waals surface area contributed by atoms with Gasteiger partial charge in [0.2, 0.25) is 0 Å². The zero-order chi connectivity index (χ0) is 21.7. The lowest BCUT2D eigenvalue weighted by Crippen LogP contribution is -2.28. The van der Waals surface area contributed by atoms with Gasteiger partial charge in [-0.15, -0.1) is 0 Å². The van der Waals surface area contributed by atoms with E-state index in [-0.39, 0.29) is 11.4 Å². The van der Waals surface area contributed by atoms with Crippen molar-refractivity contribution in [2.45, 2.75) is 59.2 Å². The van der Waals surface area contributed by atoms with Crippen molar-refractivity contribution in [3.8, 4) is 28.4 Å². The summed E-state index contributed by atoms with van der Waals surface area (Å²) in [6, 6.07) is 8.17. The third-order valence-corrected chi connectivity index (χ3v) is 5.41. The molecule has 0 amide bonds. The zero-order valence-electron chi connectivity index (χ0n) is 18.7. The predicted molar refractivity (Wildman–Crippen MR) is 124 cm³/mol. The van der Waals surface area contributed by atoms with E-state index in [1.54, 1.807) is 6.07 Å². The van der Waals surface area contributed by atoms with Crippen molar-refractivity contribution in [2.24, 2.45) is 0 Å². The number of fused-ring (bicyclic) bond motifs is 2. The Morgan fingerprint density at radius 1 is 0.833 bits per heavy atom. The van der Waals surface area contributed by atoms with Gasteiger partial charge in [-0.2, -0.15) is 0 Å². The highest BCUT2D eigenvalue weighted by atomic mass is 16.5. The van der Waals surface area contributed by atoms with Crippen LogP contribution in [0.15, 0.2) is 48.1 Å². The predicted octanol–water partition coefficient (Wildman–Crippen LogP) is 6.94. The van der Waals surface area contributed by atoms with Gasteiger partial charge in [0, 0.05) is 11.1 Å². The Bertz CT molecular complexity index is 1090. The largest absolute Gasteiger partial charge is 0.504 e. The molecule has 0 bridgehead atoms. The molecule has 2 aliphatic rings. The van der Waals surface area contributed by atoms with E-state index in [1.165, 1.54) is 5.57 Å². The molecule has 3 heteroatoms. The lowest BCUT2D eigenvalue weighted by molar-refractivity contribution is 0.153. The van der Waals surface area contributed by atoms with Crippen LogP contribution in [0.4, 0.5) is 0 Å². The molecule has 0 aliphatic carbocycles. The number of benzene rings is 2. The molecule has 0 saturated carbocycles. The molecule has 2 aromatic rings. The number of aromatic hydroxyl groups is 1. The van der Waals surface area contributed by atoms with Crippen LogP contribution in [-0.4, -0.2) is 16.3 Å². The minimum absolute atomic E-state index is 0.163. The second-order valence-electron chi connectivity index (χ2n) is 9.53. The van der Waals surface area contributed by atoms with Crippen LogP contribution < -0.4 is 9.47 Å². The Labute approximate surface area is 179 Å². The molecular weight excluding hydrogens is 372 g/mol. The van der Waals surface area contributed by atoms with Crippen molar-refractivity contribution in [3.63, 3.8) is 0 Å². The number of phenolic OH excluding ortho intramolecular Hbond substituents is 1. The van der Waals surface area contributed by atoms with Gasteiger partial charge < -0.3 is 14.6 Å². The lowest BCUT2D eigenvalue weighted by atomic mass is 9.92. The SMILES string of the molecule is CC(C)=CCc1cc(-c2cc(O)c3c(c2)C=CC(C)(C)O3)cc2c1OC(C)(C)C=C2. The highest BCUT2D eigenvalue weighted by Crippen LogP contribution is 2.43. The van der Waals surface area contributed by atoms with E-state index in [9.17, 15) is 5.11 Å². The molecule has 30 heavy (non-hydrogen) atoms. The molecule has 3 nitrogen and oxygen atoms in total. The summed E-state index contributed by atoms with van der Waals surface area (Å²) >= 11 is 0. The zero-order valence-corrected chi connectivity index (χ0v) is 18.7. The first-order valence-electron chi connectivity index (χ1n) is 10.5. The van der Waals surface area contributed by atoms with Crippen LogP contribution in [0.3, 0.4) is 0 Å². The fourth-order valence-electron chi connectivity index (χ4n) is 3.81. The highest BCUT2D eigenvalue weighted by molar-refractivity contribution is 5.79. The molecule has 0 fully saturated rings. The summed E-state index contributed by atoms with van der Waals surface area (Å²) < 4.78 is 12.3. The number of ether oxygens (including phenoxy) is 2. The average molecular weight is 403 g/mol. The first-order valence-corrected chi connectivity index (χ1v) is 10.5. The van der Waals surface area contributed by atoms with Crippen molar-refractivity contribution in [1.29, 1.82) is 0 Å². The third-order valence-electron chi connectivity index (χ3n) is 5.41. The van der Waals surface area contributed by atoms with Crippen LogP contribution in [0.5, 0.6) is 17.2 Å². The Hall–Kier alpha value is -2.94. The molecule has 0 unspecified atom stereocenters. The smallest absolute Gasteiger partial charge is 0.169 e. The van der Waals surface area contributed by atoms with Gasteiger partial charge >= 0.3 is 0 Å². The van der Waals surface area contributed by atoms with Crippen LogP contribution in [0, 0.1) is 0 Å². The van der Waals surface area contributed by atoms with E-state index < -0.39 is 5.60 Å². The maximum absolute atomic E-state index is 10.7. The summed E-state index contributed by atoms with van der Waals surface area (Å²) in [6.07, 6.45) is 11.3. The number of hydrogen-bond acceptors (Lipinski definition) is 3. The average Bonchev–Trinajstić information content (AvgIpc) is 2.65. The number of phenols is 1.